The minimum absolute atomic E-state index is 0.675. The summed E-state index contributed by atoms with van der Waals surface area (Å²) < 4.78 is 0. The van der Waals surface area contributed by atoms with Crippen LogP contribution >= 0.6 is 0 Å². The number of anilines is 1. The molecule has 0 heterocycles. The van der Waals surface area contributed by atoms with E-state index in [1.807, 2.05) is 44.2 Å². The largest absolute Gasteiger partial charge is 0.318 e. The first-order chi connectivity index (χ1) is 6.13. The van der Waals surface area contributed by atoms with Gasteiger partial charge in [0.25, 0.3) is 0 Å². The van der Waals surface area contributed by atoms with Crippen molar-refractivity contribution >= 4 is 5.69 Å². The maximum absolute atomic E-state index is 8.85. The fraction of sp³-hybridized carbons (Fsp3) is 0.300. The molecule has 0 fully saturated rings. The number of nitriles is 1. The van der Waals surface area contributed by atoms with Gasteiger partial charge in [-0.1, -0.05) is 6.07 Å². The van der Waals surface area contributed by atoms with E-state index in [-0.39, 0.29) is 0 Å². The molecule has 0 aromatic heterocycles. The highest BCUT2D eigenvalue weighted by Crippen LogP contribution is 2.15. The molecule has 0 bridgehead atoms. The average molecular weight is 175 g/mol. The second kappa shape index (κ2) is 3.92. The van der Waals surface area contributed by atoms with Gasteiger partial charge in [0.05, 0.1) is 11.3 Å². The molecule has 13 heavy (non-hydrogen) atoms. The Labute approximate surface area is 78.6 Å². The summed E-state index contributed by atoms with van der Waals surface area (Å²) in [5.74, 6) is 0. The standard InChI is InChI=1S/C10H13N3/c1-8-4-5-10(12-13(2)3)9(6-8)7-11/h4-6,12H,1-3H3. The molecule has 68 valence electrons. The molecule has 0 aliphatic carbocycles. The maximum Gasteiger partial charge on any atom is 0.101 e. The van der Waals surface area contributed by atoms with Crippen LogP contribution in [0.3, 0.4) is 0 Å². The van der Waals surface area contributed by atoms with E-state index in [9.17, 15) is 0 Å². The first-order valence-electron chi connectivity index (χ1n) is 4.08. The van der Waals surface area contributed by atoms with Crippen LogP contribution in [0.2, 0.25) is 0 Å². The molecule has 0 saturated heterocycles. The molecule has 0 spiro atoms. The third-order valence-electron chi connectivity index (χ3n) is 1.64. The van der Waals surface area contributed by atoms with Gasteiger partial charge in [-0.05, 0) is 24.6 Å². The number of hydrazine groups is 1. The van der Waals surface area contributed by atoms with Crippen LogP contribution in [0.15, 0.2) is 18.2 Å². The van der Waals surface area contributed by atoms with Gasteiger partial charge < -0.3 is 5.43 Å². The van der Waals surface area contributed by atoms with E-state index in [0.717, 1.165) is 11.3 Å². The molecule has 1 rings (SSSR count). The van der Waals surface area contributed by atoms with Gasteiger partial charge in [-0.2, -0.15) is 5.26 Å². The molecule has 0 aliphatic heterocycles. The van der Waals surface area contributed by atoms with Gasteiger partial charge >= 0.3 is 0 Å². The van der Waals surface area contributed by atoms with Crippen molar-refractivity contribution in [2.45, 2.75) is 6.92 Å². The van der Waals surface area contributed by atoms with Crippen LogP contribution in [0.25, 0.3) is 0 Å². The summed E-state index contributed by atoms with van der Waals surface area (Å²) in [5, 5.41) is 10.7. The average Bonchev–Trinajstić information content (AvgIpc) is 2.07. The third-order valence-corrected chi connectivity index (χ3v) is 1.64. The molecule has 0 unspecified atom stereocenters. The predicted octanol–water partition coefficient (Wildman–Crippen LogP) is 1.76. The number of benzene rings is 1. The van der Waals surface area contributed by atoms with Crippen molar-refractivity contribution in [3.8, 4) is 6.07 Å². The summed E-state index contributed by atoms with van der Waals surface area (Å²) in [7, 11) is 3.78. The van der Waals surface area contributed by atoms with Crippen LogP contribution in [0.4, 0.5) is 5.69 Å². The fourth-order valence-electron chi connectivity index (χ4n) is 1.09. The summed E-state index contributed by atoms with van der Waals surface area (Å²) in [6, 6.07) is 7.91. The lowest BCUT2D eigenvalue weighted by Gasteiger charge is -2.14. The van der Waals surface area contributed by atoms with Crippen LogP contribution in [0.5, 0.6) is 0 Å². The Morgan fingerprint density at radius 1 is 1.38 bits per heavy atom. The van der Waals surface area contributed by atoms with Crippen LogP contribution in [-0.2, 0) is 0 Å². The second-order valence-corrected chi connectivity index (χ2v) is 3.17. The monoisotopic (exact) mass is 175 g/mol. The van der Waals surface area contributed by atoms with Gasteiger partial charge in [-0.25, -0.2) is 5.01 Å². The fourth-order valence-corrected chi connectivity index (χ4v) is 1.09. The van der Waals surface area contributed by atoms with Crippen molar-refractivity contribution in [2.24, 2.45) is 0 Å². The van der Waals surface area contributed by atoms with Crippen molar-refractivity contribution in [1.82, 2.24) is 5.01 Å². The van der Waals surface area contributed by atoms with E-state index in [4.69, 9.17) is 5.26 Å². The van der Waals surface area contributed by atoms with Crippen LogP contribution in [-0.4, -0.2) is 19.1 Å². The van der Waals surface area contributed by atoms with Crippen molar-refractivity contribution in [2.75, 3.05) is 19.5 Å². The summed E-state index contributed by atoms with van der Waals surface area (Å²) in [6.07, 6.45) is 0. The molecular weight excluding hydrogens is 162 g/mol. The number of nitrogens with zero attached hydrogens (tertiary/aromatic N) is 2. The maximum atomic E-state index is 8.85. The van der Waals surface area contributed by atoms with E-state index in [0.29, 0.717) is 5.56 Å². The summed E-state index contributed by atoms with van der Waals surface area (Å²) >= 11 is 0. The Morgan fingerprint density at radius 3 is 2.62 bits per heavy atom. The molecule has 1 N–H and O–H groups in total. The van der Waals surface area contributed by atoms with Gasteiger partial charge in [0, 0.05) is 14.1 Å². The molecule has 0 amide bonds. The van der Waals surface area contributed by atoms with Crippen LogP contribution in [0, 0.1) is 18.3 Å². The van der Waals surface area contributed by atoms with E-state index in [1.54, 1.807) is 0 Å². The Bertz CT molecular complexity index is 337. The zero-order valence-corrected chi connectivity index (χ0v) is 8.13. The normalized spacial score (nSPS) is 9.77. The van der Waals surface area contributed by atoms with Crippen molar-refractivity contribution in [3.05, 3.63) is 29.3 Å². The lowest BCUT2D eigenvalue weighted by Crippen LogP contribution is -2.20. The minimum Gasteiger partial charge on any atom is -0.318 e. The Morgan fingerprint density at radius 2 is 2.08 bits per heavy atom. The van der Waals surface area contributed by atoms with Crippen molar-refractivity contribution in [3.63, 3.8) is 0 Å². The molecule has 0 saturated carbocycles. The molecule has 0 aliphatic rings. The van der Waals surface area contributed by atoms with Gasteiger partial charge in [0.15, 0.2) is 0 Å². The third kappa shape index (κ3) is 2.46. The smallest absolute Gasteiger partial charge is 0.101 e. The van der Waals surface area contributed by atoms with E-state index in [2.05, 4.69) is 11.5 Å². The quantitative estimate of drug-likeness (QED) is 0.696. The molecule has 1 aromatic carbocycles. The van der Waals surface area contributed by atoms with E-state index in [1.165, 1.54) is 0 Å². The van der Waals surface area contributed by atoms with Crippen LogP contribution < -0.4 is 5.43 Å². The Kier molecular flexibility index (Phi) is 2.88. The highest BCUT2D eigenvalue weighted by molar-refractivity contribution is 5.57. The Hall–Kier alpha value is -1.53. The molecule has 3 nitrogen and oxygen atoms in total. The summed E-state index contributed by atoms with van der Waals surface area (Å²) in [4.78, 5) is 0. The lowest BCUT2D eigenvalue weighted by atomic mass is 10.1. The first-order valence-corrected chi connectivity index (χ1v) is 4.08. The summed E-state index contributed by atoms with van der Waals surface area (Å²) in [6.45, 7) is 1.97. The second-order valence-electron chi connectivity index (χ2n) is 3.17. The number of hydrogen-bond donors (Lipinski definition) is 1. The number of aryl methyl sites for hydroxylation is 1. The predicted molar refractivity (Wildman–Crippen MR) is 53.2 cm³/mol. The number of rotatable bonds is 2. The van der Waals surface area contributed by atoms with Crippen molar-refractivity contribution < 1.29 is 0 Å². The highest BCUT2D eigenvalue weighted by atomic mass is 15.5. The molecule has 3 heteroatoms. The van der Waals surface area contributed by atoms with Crippen molar-refractivity contribution in [1.29, 1.82) is 5.26 Å². The Balaban J connectivity index is 3.01. The molecule has 0 atom stereocenters. The highest BCUT2D eigenvalue weighted by Gasteiger charge is 2.01. The summed E-state index contributed by atoms with van der Waals surface area (Å²) in [5.41, 5.74) is 5.68. The van der Waals surface area contributed by atoms with E-state index >= 15 is 0 Å². The van der Waals surface area contributed by atoms with E-state index < -0.39 is 0 Å². The topological polar surface area (TPSA) is 39.1 Å². The van der Waals surface area contributed by atoms with Gasteiger partial charge in [-0.3, -0.25) is 0 Å². The molecule has 0 radical (unpaired) electrons. The van der Waals surface area contributed by atoms with Crippen LogP contribution in [0.1, 0.15) is 11.1 Å². The first kappa shape index (κ1) is 9.56. The SMILES string of the molecule is Cc1ccc(NN(C)C)c(C#N)c1. The minimum atomic E-state index is 0.675. The zero-order valence-electron chi connectivity index (χ0n) is 8.13. The van der Waals surface area contributed by atoms with Gasteiger partial charge in [0.1, 0.15) is 6.07 Å². The van der Waals surface area contributed by atoms with Gasteiger partial charge in [-0.15, -0.1) is 0 Å². The number of hydrogen-bond acceptors (Lipinski definition) is 3. The molecule has 1 aromatic rings. The number of nitrogens with one attached hydrogen (secondary N) is 1. The molecular formula is C10H13N3. The van der Waals surface area contributed by atoms with Gasteiger partial charge in [0.2, 0.25) is 0 Å². The lowest BCUT2D eigenvalue weighted by molar-refractivity contribution is 0.495. The zero-order chi connectivity index (χ0) is 9.84.